The van der Waals surface area contributed by atoms with E-state index in [-0.39, 0.29) is 0 Å². The molecule has 0 saturated carbocycles. The fourth-order valence-electron chi connectivity index (χ4n) is 0.879. The summed E-state index contributed by atoms with van der Waals surface area (Å²) in [5.41, 5.74) is 0. The minimum atomic E-state index is 1.01. The van der Waals surface area contributed by atoms with Crippen molar-refractivity contribution in [2.24, 2.45) is 0 Å². The average Bonchev–Trinajstić information content (AvgIpc) is 1.99. The fourth-order valence-corrected chi connectivity index (χ4v) is 0.879. The molecule has 0 saturated heterocycles. The fraction of sp³-hybridized carbons (Fsp3) is 0.778. The first kappa shape index (κ1) is 9.52. The lowest BCUT2D eigenvalue weighted by Gasteiger charge is -2.15. The van der Waals surface area contributed by atoms with Gasteiger partial charge in [-0.1, -0.05) is 13.8 Å². The number of hydrogen-bond donors (Lipinski definition) is 0. The van der Waals surface area contributed by atoms with Crippen LogP contribution < -0.4 is 0 Å². The van der Waals surface area contributed by atoms with Crippen LogP contribution in [-0.2, 0) is 0 Å². The lowest BCUT2D eigenvalue weighted by Crippen LogP contribution is -2.23. The van der Waals surface area contributed by atoms with Crippen LogP contribution in [0.15, 0.2) is 0 Å². The molecule has 0 bridgehead atoms. The Bertz CT molecular complexity index is 114. The lowest BCUT2D eigenvalue weighted by atomic mass is 10.4. The van der Waals surface area contributed by atoms with Crippen LogP contribution in [0.4, 0.5) is 0 Å². The zero-order chi connectivity index (χ0) is 7.82. The Hall–Kier alpha value is -0.480. The molecular formula is C9H17N. The van der Waals surface area contributed by atoms with Crippen molar-refractivity contribution in [3.63, 3.8) is 0 Å². The van der Waals surface area contributed by atoms with E-state index in [1.165, 1.54) is 0 Å². The second-order valence-corrected chi connectivity index (χ2v) is 2.20. The highest BCUT2D eigenvalue weighted by molar-refractivity contribution is 4.95. The zero-order valence-corrected chi connectivity index (χ0v) is 7.28. The molecule has 0 aromatic heterocycles. The van der Waals surface area contributed by atoms with E-state index < -0.39 is 0 Å². The summed E-state index contributed by atoms with van der Waals surface area (Å²) in [6.45, 7) is 9.66. The van der Waals surface area contributed by atoms with E-state index in [1.807, 2.05) is 6.92 Å². The van der Waals surface area contributed by atoms with Crippen molar-refractivity contribution in [2.75, 3.05) is 19.6 Å². The van der Waals surface area contributed by atoms with Gasteiger partial charge in [0.25, 0.3) is 0 Å². The molecule has 0 aromatic carbocycles. The lowest BCUT2D eigenvalue weighted by molar-refractivity contribution is 0.312. The smallest absolute Gasteiger partial charge is 0.0216 e. The van der Waals surface area contributed by atoms with Gasteiger partial charge in [0, 0.05) is 13.0 Å². The maximum atomic E-state index is 3.06. The van der Waals surface area contributed by atoms with Crippen LogP contribution in [0.25, 0.3) is 0 Å². The highest BCUT2D eigenvalue weighted by Gasteiger charge is 1.94. The van der Waals surface area contributed by atoms with Crippen LogP contribution >= 0.6 is 0 Å². The van der Waals surface area contributed by atoms with Crippen molar-refractivity contribution in [3.05, 3.63) is 0 Å². The van der Waals surface area contributed by atoms with Crippen molar-refractivity contribution < 1.29 is 0 Å². The van der Waals surface area contributed by atoms with Gasteiger partial charge in [-0.25, -0.2) is 0 Å². The molecular weight excluding hydrogens is 122 g/mol. The molecule has 0 rings (SSSR count). The van der Waals surface area contributed by atoms with Crippen molar-refractivity contribution in [3.8, 4) is 11.8 Å². The Morgan fingerprint density at radius 1 is 1.20 bits per heavy atom. The quantitative estimate of drug-likeness (QED) is 0.536. The highest BCUT2D eigenvalue weighted by atomic mass is 15.1. The average molecular weight is 139 g/mol. The van der Waals surface area contributed by atoms with Crippen LogP contribution in [0.1, 0.15) is 27.2 Å². The van der Waals surface area contributed by atoms with E-state index in [9.17, 15) is 0 Å². The molecule has 0 aromatic rings. The van der Waals surface area contributed by atoms with Crippen LogP contribution in [0.5, 0.6) is 0 Å². The summed E-state index contributed by atoms with van der Waals surface area (Å²) in [5, 5.41) is 0. The minimum Gasteiger partial charge on any atom is -0.303 e. The van der Waals surface area contributed by atoms with Gasteiger partial charge in [0.2, 0.25) is 0 Å². The Kier molecular flexibility index (Phi) is 6.32. The molecule has 0 amide bonds. The molecule has 0 aliphatic carbocycles. The van der Waals surface area contributed by atoms with Gasteiger partial charge in [0.05, 0.1) is 0 Å². The predicted octanol–water partition coefficient (Wildman–Crippen LogP) is 1.74. The minimum absolute atomic E-state index is 1.01. The van der Waals surface area contributed by atoms with Gasteiger partial charge in [-0.15, -0.1) is 11.8 Å². The topological polar surface area (TPSA) is 3.24 Å². The summed E-state index contributed by atoms with van der Waals surface area (Å²) in [4.78, 5) is 2.38. The summed E-state index contributed by atoms with van der Waals surface area (Å²) in [7, 11) is 0. The van der Waals surface area contributed by atoms with Crippen LogP contribution in [-0.4, -0.2) is 24.5 Å². The Labute approximate surface area is 64.4 Å². The molecule has 0 heterocycles. The summed E-state index contributed by atoms with van der Waals surface area (Å²) in [6.07, 6.45) is 1.01. The largest absolute Gasteiger partial charge is 0.303 e. The summed E-state index contributed by atoms with van der Waals surface area (Å²) >= 11 is 0. The molecule has 0 radical (unpaired) electrons. The standard InChI is InChI=1S/C9H17N/c1-4-7-8-9-10(5-2)6-3/h5-6,8-9H2,1-3H3. The van der Waals surface area contributed by atoms with Crippen molar-refractivity contribution in [1.29, 1.82) is 0 Å². The maximum absolute atomic E-state index is 3.06. The monoisotopic (exact) mass is 139 g/mol. The Balaban J connectivity index is 3.31. The molecule has 1 nitrogen and oxygen atoms in total. The first-order chi connectivity index (χ1) is 4.85. The normalized spacial score (nSPS) is 9.20. The Morgan fingerprint density at radius 2 is 1.80 bits per heavy atom. The maximum Gasteiger partial charge on any atom is 0.0216 e. The van der Waals surface area contributed by atoms with Gasteiger partial charge >= 0.3 is 0 Å². The van der Waals surface area contributed by atoms with Gasteiger partial charge in [-0.3, -0.25) is 0 Å². The number of rotatable bonds is 4. The molecule has 58 valence electrons. The van der Waals surface area contributed by atoms with Gasteiger partial charge in [0.15, 0.2) is 0 Å². The highest BCUT2D eigenvalue weighted by Crippen LogP contribution is 1.88. The van der Waals surface area contributed by atoms with Gasteiger partial charge in [-0.05, 0) is 20.0 Å². The third-order valence-electron chi connectivity index (χ3n) is 1.62. The van der Waals surface area contributed by atoms with E-state index >= 15 is 0 Å². The van der Waals surface area contributed by atoms with Crippen LogP contribution in [0.2, 0.25) is 0 Å². The molecule has 0 fully saturated rings. The van der Waals surface area contributed by atoms with E-state index in [2.05, 4.69) is 30.6 Å². The SMILES string of the molecule is CC#CCCN(CC)CC. The summed E-state index contributed by atoms with van der Waals surface area (Å²) in [5.74, 6) is 5.95. The summed E-state index contributed by atoms with van der Waals surface area (Å²) < 4.78 is 0. The third-order valence-corrected chi connectivity index (χ3v) is 1.62. The first-order valence-electron chi connectivity index (χ1n) is 3.97. The predicted molar refractivity (Wildman–Crippen MR) is 45.9 cm³/mol. The second kappa shape index (κ2) is 6.64. The molecule has 0 aliphatic heterocycles. The molecule has 10 heavy (non-hydrogen) atoms. The molecule has 0 unspecified atom stereocenters. The third kappa shape index (κ3) is 4.40. The first-order valence-corrected chi connectivity index (χ1v) is 3.97. The van der Waals surface area contributed by atoms with E-state index in [0.717, 1.165) is 26.1 Å². The van der Waals surface area contributed by atoms with E-state index in [1.54, 1.807) is 0 Å². The van der Waals surface area contributed by atoms with Crippen LogP contribution in [0, 0.1) is 11.8 Å². The molecule has 0 aliphatic rings. The van der Waals surface area contributed by atoms with Gasteiger partial charge in [-0.2, -0.15) is 0 Å². The van der Waals surface area contributed by atoms with E-state index in [0.29, 0.717) is 0 Å². The number of hydrogen-bond acceptors (Lipinski definition) is 1. The van der Waals surface area contributed by atoms with Gasteiger partial charge < -0.3 is 4.90 Å². The van der Waals surface area contributed by atoms with Crippen LogP contribution in [0.3, 0.4) is 0 Å². The molecule has 0 atom stereocenters. The van der Waals surface area contributed by atoms with Crippen molar-refractivity contribution >= 4 is 0 Å². The van der Waals surface area contributed by atoms with E-state index in [4.69, 9.17) is 0 Å². The zero-order valence-electron chi connectivity index (χ0n) is 7.28. The van der Waals surface area contributed by atoms with Gasteiger partial charge in [0.1, 0.15) is 0 Å². The molecule has 0 spiro atoms. The molecule has 1 heteroatoms. The van der Waals surface area contributed by atoms with Crippen molar-refractivity contribution in [1.82, 2.24) is 4.90 Å². The summed E-state index contributed by atoms with van der Waals surface area (Å²) in [6, 6.07) is 0. The number of nitrogens with zero attached hydrogens (tertiary/aromatic N) is 1. The Morgan fingerprint density at radius 3 is 2.20 bits per heavy atom. The molecule has 0 N–H and O–H groups in total. The van der Waals surface area contributed by atoms with Crippen molar-refractivity contribution in [2.45, 2.75) is 27.2 Å². The second-order valence-electron chi connectivity index (χ2n) is 2.20.